The van der Waals surface area contributed by atoms with E-state index in [1.165, 1.54) is 15.8 Å². The second kappa shape index (κ2) is 3.35. The standard InChI is InChI=1S/C10H12Br2S/c1-10(2)5-6(10)8(12)9-7(11)3-4-13-9/h3-4,6,8H,5H2,1-2H3. The van der Waals surface area contributed by atoms with Gasteiger partial charge in [-0.25, -0.2) is 0 Å². The summed E-state index contributed by atoms with van der Waals surface area (Å²) in [4.78, 5) is 1.98. The number of halogens is 2. The minimum Gasteiger partial charge on any atom is -0.147 e. The van der Waals surface area contributed by atoms with E-state index in [9.17, 15) is 0 Å². The van der Waals surface area contributed by atoms with Crippen LogP contribution in [0.25, 0.3) is 0 Å². The van der Waals surface area contributed by atoms with Crippen LogP contribution < -0.4 is 0 Å². The summed E-state index contributed by atoms with van der Waals surface area (Å²) in [5.74, 6) is 0.808. The second-order valence-electron chi connectivity index (χ2n) is 4.33. The molecule has 1 aliphatic rings. The predicted molar refractivity (Wildman–Crippen MR) is 65.6 cm³/mol. The summed E-state index contributed by atoms with van der Waals surface area (Å²) in [5.41, 5.74) is 0.539. The molecule has 0 aliphatic heterocycles. The minimum absolute atomic E-state index is 0.539. The van der Waals surface area contributed by atoms with Crippen molar-refractivity contribution in [1.29, 1.82) is 0 Å². The minimum atomic E-state index is 0.539. The van der Waals surface area contributed by atoms with Crippen molar-refractivity contribution >= 4 is 43.2 Å². The molecule has 0 amide bonds. The van der Waals surface area contributed by atoms with E-state index in [1.54, 1.807) is 0 Å². The Labute approximate surface area is 100.0 Å². The largest absolute Gasteiger partial charge is 0.147 e. The van der Waals surface area contributed by atoms with E-state index in [0.717, 1.165) is 5.92 Å². The monoisotopic (exact) mass is 322 g/mol. The van der Waals surface area contributed by atoms with Crippen LogP contribution in [0.3, 0.4) is 0 Å². The third-order valence-corrected chi connectivity index (χ3v) is 6.19. The highest BCUT2D eigenvalue weighted by atomic mass is 79.9. The molecule has 1 aromatic rings. The van der Waals surface area contributed by atoms with Gasteiger partial charge < -0.3 is 0 Å². The van der Waals surface area contributed by atoms with E-state index in [2.05, 4.69) is 57.2 Å². The third kappa shape index (κ3) is 1.88. The van der Waals surface area contributed by atoms with E-state index in [0.29, 0.717) is 10.2 Å². The summed E-state index contributed by atoms with van der Waals surface area (Å²) >= 11 is 9.21. The van der Waals surface area contributed by atoms with Crippen LogP contribution in [0.15, 0.2) is 15.9 Å². The fraction of sp³-hybridized carbons (Fsp3) is 0.600. The van der Waals surface area contributed by atoms with Gasteiger partial charge in [0, 0.05) is 9.35 Å². The first-order valence-electron chi connectivity index (χ1n) is 4.39. The Morgan fingerprint density at radius 1 is 1.62 bits per heavy atom. The molecule has 0 aromatic carbocycles. The van der Waals surface area contributed by atoms with Crippen LogP contribution in [0.5, 0.6) is 0 Å². The molecule has 1 aliphatic carbocycles. The van der Waals surface area contributed by atoms with Crippen LogP contribution in [-0.2, 0) is 0 Å². The van der Waals surface area contributed by atoms with Crippen molar-refractivity contribution < 1.29 is 0 Å². The fourth-order valence-corrected chi connectivity index (χ4v) is 5.13. The predicted octanol–water partition coefficient (Wildman–Crippen LogP) is 4.99. The van der Waals surface area contributed by atoms with Gasteiger partial charge in [0.1, 0.15) is 0 Å². The van der Waals surface area contributed by atoms with Crippen LogP contribution in [0.2, 0.25) is 0 Å². The Hall–Kier alpha value is 0.660. The summed E-state index contributed by atoms with van der Waals surface area (Å²) < 4.78 is 1.25. The Bertz CT molecular complexity index is 316. The molecule has 0 N–H and O–H groups in total. The van der Waals surface area contributed by atoms with Crippen LogP contribution >= 0.6 is 43.2 Å². The van der Waals surface area contributed by atoms with Gasteiger partial charge in [0.05, 0.1) is 4.83 Å². The Kier molecular flexibility index (Phi) is 2.63. The molecule has 1 fully saturated rings. The van der Waals surface area contributed by atoms with Gasteiger partial charge in [0.25, 0.3) is 0 Å². The number of rotatable bonds is 2. The maximum absolute atomic E-state index is 3.80. The van der Waals surface area contributed by atoms with Crippen molar-refractivity contribution in [2.24, 2.45) is 11.3 Å². The zero-order valence-electron chi connectivity index (χ0n) is 7.68. The zero-order chi connectivity index (χ0) is 9.64. The molecular formula is C10H12Br2S. The lowest BCUT2D eigenvalue weighted by molar-refractivity contribution is 0.557. The summed E-state index contributed by atoms with van der Waals surface area (Å²) in [5, 5.41) is 2.14. The first-order valence-corrected chi connectivity index (χ1v) is 6.98. The summed E-state index contributed by atoms with van der Waals surface area (Å²) in [6.45, 7) is 4.68. The molecule has 3 heteroatoms. The Morgan fingerprint density at radius 2 is 2.23 bits per heavy atom. The summed E-state index contributed by atoms with van der Waals surface area (Å²) in [7, 11) is 0. The highest BCUT2D eigenvalue weighted by Gasteiger charge is 2.50. The molecule has 0 saturated heterocycles. The molecular weight excluding hydrogens is 312 g/mol. The topological polar surface area (TPSA) is 0 Å². The van der Waals surface area contributed by atoms with Crippen molar-refractivity contribution in [3.63, 3.8) is 0 Å². The highest BCUT2D eigenvalue weighted by molar-refractivity contribution is 9.11. The highest BCUT2D eigenvalue weighted by Crippen LogP contribution is 2.61. The molecule has 0 radical (unpaired) electrons. The maximum atomic E-state index is 3.80. The van der Waals surface area contributed by atoms with E-state index in [-0.39, 0.29) is 0 Å². The van der Waals surface area contributed by atoms with Crippen LogP contribution in [-0.4, -0.2) is 0 Å². The second-order valence-corrected chi connectivity index (χ2v) is 7.12. The van der Waals surface area contributed by atoms with E-state index in [4.69, 9.17) is 0 Å². The lowest BCUT2D eigenvalue weighted by atomic mass is 10.1. The first-order chi connectivity index (χ1) is 6.02. The summed E-state index contributed by atoms with van der Waals surface area (Å²) in [6.07, 6.45) is 1.34. The van der Waals surface area contributed by atoms with Gasteiger partial charge >= 0.3 is 0 Å². The number of hydrogen-bond acceptors (Lipinski definition) is 1. The molecule has 0 spiro atoms. The van der Waals surface area contributed by atoms with Gasteiger partial charge in [-0.05, 0) is 45.1 Å². The van der Waals surface area contributed by atoms with Crippen LogP contribution in [0, 0.1) is 11.3 Å². The number of hydrogen-bond donors (Lipinski definition) is 0. The molecule has 2 rings (SSSR count). The smallest absolute Gasteiger partial charge is 0.0533 e. The molecule has 1 heterocycles. The third-order valence-electron chi connectivity index (χ3n) is 2.84. The Morgan fingerprint density at radius 3 is 2.62 bits per heavy atom. The van der Waals surface area contributed by atoms with Crippen molar-refractivity contribution in [2.45, 2.75) is 25.1 Å². The number of thiophene rings is 1. The fourth-order valence-electron chi connectivity index (χ4n) is 1.69. The molecule has 0 nitrogen and oxygen atoms in total. The average Bonchev–Trinajstić information content (AvgIpc) is 2.49. The maximum Gasteiger partial charge on any atom is 0.0533 e. The molecule has 1 saturated carbocycles. The lowest BCUT2D eigenvalue weighted by Gasteiger charge is -2.10. The van der Waals surface area contributed by atoms with Crippen molar-refractivity contribution in [2.75, 3.05) is 0 Å². The van der Waals surface area contributed by atoms with Gasteiger partial charge in [0.15, 0.2) is 0 Å². The quantitative estimate of drug-likeness (QED) is 0.672. The van der Waals surface area contributed by atoms with E-state index >= 15 is 0 Å². The SMILES string of the molecule is CC1(C)CC1C(Br)c1sccc1Br. The van der Waals surface area contributed by atoms with Crippen LogP contribution in [0.4, 0.5) is 0 Å². The van der Waals surface area contributed by atoms with E-state index in [1.807, 2.05) is 11.3 Å². The molecule has 2 atom stereocenters. The zero-order valence-corrected chi connectivity index (χ0v) is 11.7. The van der Waals surface area contributed by atoms with Gasteiger partial charge in [-0.15, -0.1) is 11.3 Å². The number of alkyl halides is 1. The molecule has 1 aromatic heterocycles. The first kappa shape index (κ1) is 10.2. The molecule has 2 unspecified atom stereocenters. The lowest BCUT2D eigenvalue weighted by Crippen LogP contribution is -1.97. The molecule has 0 bridgehead atoms. The normalized spacial score (nSPS) is 27.2. The van der Waals surface area contributed by atoms with Crippen LogP contribution in [0.1, 0.15) is 30.0 Å². The Balaban J connectivity index is 2.15. The van der Waals surface area contributed by atoms with Gasteiger partial charge in [-0.2, -0.15) is 0 Å². The summed E-state index contributed by atoms with van der Waals surface area (Å²) in [6, 6.07) is 2.13. The molecule has 13 heavy (non-hydrogen) atoms. The molecule has 72 valence electrons. The van der Waals surface area contributed by atoms with E-state index < -0.39 is 0 Å². The van der Waals surface area contributed by atoms with Crippen molar-refractivity contribution in [1.82, 2.24) is 0 Å². The van der Waals surface area contributed by atoms with Gasteiger partial charge in [0.2, 0.25) is 0 Å². The average molecular weight is 324 g/mol. The van der Waals surface area contributed by atoms with Crippen molar-refractivity contribution in [3.8, 4) is 0 Å². The van der Waals surface area contributed by atoms with Gasteiger partial charge in [-0.3, -0.25) is 0 Å². The van der Waals surface area contributed by atoms with Gasteiger partial charge in [-0.1, -0.05) is 29.8 Å². The van der Waals surface area contributed by atoms with Crippen molar-refractivity contribution in [3.05, 3.63) is 20.8 Å².